The topological polar surface area (TPSA) is 77.0 Å². The van der Waals surface area contributed by atoms with Crippen molar-refractivity contribution >= 4 is 44.6 Å². The molecule has 0 saturated carbocycles. The van der Waals surface area contributed by atoms with Crippen LogP contribution in [0.25, 0.3) is 0 Å². The minimum Gasteiger partial charge on any atom is -0.396 e. The summed E-state index contributed by atoms with van der Waals surface area (Å²) < 4.78 is 1.10. The summed E-state index contributed by atoms with van der Waals surface area (Å²) in [4.78, 5) is 5.36. The third-order valence-corrected chi connectivity index (χ3v) is 3.72. The maximum Gasteiger partial charge on any atom is 0.149 e. The molecule has 2 rings (SSSR count). The number of rotatable bonds is 3. The van der Waals surface area contributed by atoms with Crippen LogP contribution >= 0.6 is 27.3 Å². The Kier molecular flexibility index (Phi) is 3.31. The molecule has 0 saturated heterocycles. The highest BCUT2D eigenvalue weighted by Gasteiger charge is 2.00. The molecular formula is C10H11BrN4S. The number of nitrogen functional groups attached to an aromatic ring is 2. The van der Waals surface area contributed by atoms with Gasteiger partial charge in [0, 0.05) is 14.7 Å². The summed E-state index contributed by atoms with van der Waals surface area (Å²) >= 11 is 5.09. The molecule has 0 aromatic carbocycles. The van der Waals surface area contributed by atoms with Gasteiger partial charge in [-0.3, -0.25) is 0 Å². The SMILES string of the molecule is Nc1ccc(NCc2cc(Br)cs2)nc1N. The predicted octanol–water partition coefficient (Wildman–Crippen LogP) is 2.68. The maximum absolute atomic E-state index is 5.61. The van der Waals surface area contributed by atoms with Crippen molar-refractivity contribution in [2.75, 3.05) is 16.8 Å². The average Bonchev–Trinajstić information content (AvgIpc) is 2.66. The number of pyridine rings is 1. The molecule has 0 bridgehead atoms. The van der Waals surface area contributed by atoms with Crippen LogP contribution < -0.4 is 16.8 Å². The Morgan fingerprint density at radius 2 is 2.19 bits per heavy atom. The summed E-state index contributed by atoms with van der Waals surface area (Å²) in [6.07, 6.45) is 0. The molecule has 0 unspecified atom stereocenters. The van der Waals surface area contributed by atoms with E-state index in [9.17, 15) is 0 Å². The van der Waals surface area contributed by atoms with Crippen LogP contribution in [0.4, 0.5) is 17.3 Å². The van der Waals surface area contributed by atoms with E-state index in [0.717, 1.165) is 16.8 Å². The maximum atomic E-state index is 5.61. The Morgan fingerprint density at radius 1 is 1.38 bits per heavy atom. The zero-order valence-electron chi connectivity index (χ0n) is 8.40. The van der Waals surface area contributed by atoms with Gasteiger partial charge in [-0.15, -0.1) is 11.3 Å². The monoisotopic (exact) mass is 298 g/mol. The lowest BCUT2D eigenvalue weighted by molar-refractivity contribution is 1.14. The highest BCUT2D eigenvalue weighted by Crippen LogP contribution is 2.21. The molecule has 0 radical (unpaired) electrons. The lowest BCUT2D eigenvalue weighted by atomic mass is 10.4. The smallest absolute Gasteiger partial charge is 0.149 e. The van der Waals surface area contributed by atoms with Crippen molar-refractivity contribution < 1.29 is 0 Å². The van der Waals surface area contributed by atoms with Gasteiger partial charge in [0.25, 0.3) is 0 Å². The van der Waals surface area contributed by atoms with Crippen LogP contribution in [0.3, 0.4) is 0 Å². The fraction of sp³-hybridized carbons (Fsp3) is 0.100. The first kappa shape index (κ1) is 11.2. The third-order valence-electron chi connectivity index (χ3n) is 2.02. The summed E-state index contributed by atoms with van der Waals surface area (Å²) in [5.41, 5.74) is 11.7. The van der Waals surface area contributed by atoms with E-state index in [2.05, 4.69) is 32.3 Å². The van der Waals surface area contributed by atoms with Crippen molar-refractivity contribution in [2.24, 2.45) is 0 Å². The number of hydrogen-bond donors (Lipinski definition) is 3. The summed E-state index contributed by atoms with van der Waals surface area (Å²) in [6.45, 7) is 0.729. The van der Waals surface area contributed by atoms with E-state index in [4.69, 9.17) is 11.5 Å². The van der Waals surface area contributed by atoms with Gasteiger partial charge in [-0.1, -0.05) is 0 Å². The van der Waals surface area contributed by atoms with Gasteiger partial charge in [0.2, 0.25) is 0 Å². The molecule has 0 fully saturated rings. The predicted molar refractivity (Wildman–Crippen MR) is 72.4 cm³/mol. The molecule has 0 aliphatic heterocycles. The number of hydrogen-bond acceptors (Lipinski definition) is 5. The van der Waals surface area contributed by atoms with E-state index in [-0.39, 0.29) is 0 Å². The van der Waals surface area contributed by atoms with Gasteiger partial charge in [-0.2, -0.15) is 0 Å². The van der Waals surface area contributed by atoms with Crippen LogP contribution in [0.5, 0.6) is 0 Å². The van der Waals surface area contributed by atoms with Crippen molar-refractivity contribution in [2.45, 2.75) is 6.54 Å². The molecule has 2 aromatic heterocycles. The molecule has 0 amide bonds. The Balaban J connectivity index is 2.02. The summed E-state index contributed by atoms with van der Waals surface area (Å²) in [5, 5.41) is 5.23. The van der Waals surface area contributed by atoms with E-state index in [1.54, 1.807) is 17.4 Å². The Labute approximate surface area is 106 Å². The summed E-state index contributed by atoms with van der Waals surface area (Å²) in [6, 6.07) is 5.63. The zero-order chi connectivity index (χ0) is 11.5. The number of nitrogens with one attached hydrogen (secondary N) is 1. The second kappa shape index (κ2) is 4.71. The highest BCUT2D eigenvalue weighted by molar-refractivity contribution is 9.10. The van der Waals surface area contributed by atoms with Crippen LogP contribution in [0.1, 0.15) is 4.88 Å². The number of thiophene rings is 1. The number of nitrogens with zero attached hydrogens (tertiary/aromatic N) is 1. The van der Waals surface area contributed by atoms with Gasteiger partial charge in [0.15, 0.2) is 0 Å². The van der Waals surface area contributed by atoms with Crippen molar-refractivity contribution in [1.29, 1.82) is 0 Å². The van der Waals surface area contributed by atoms with Gasteiger partial charge < -0.3 is 16.8 Å². The lowest BCUT2D eigenvalue weighted by Gasteiger charge is -2.05. The molecule has 2 heterocycles. The summed E-state index contributed by atoms with van der Waals surface area (Å²) in [7, 11) is 0. The molecule has 84 valence electrons. The standard InChI is InChI=1S/C10H11BrN4S/c11-6-3-7(16-5-6)4-14-9-2-1-8(12)10(13)15-9/h1-3,5H,4,12H2,(H3,13,14,15). The van der Waals surface area contributed by atoms with Crippen LogP contribution in [0, 0.1) is 0 Å². The first-order valence-electron chi connectivity index (χ1n) is 4.64. The van der Waals surface area contributed by atoms with E-state index >= 15 is 0 Å². The molecule has 5 N–H and O–H groups in total. The molecule has 0 spiro atoms. The van der Waals surface area contributed by atoms with E-state index in [1.165, 1.54) is 4.88 Å². The number of halogens is 1. The molecule has 0 aliphatic carbocycles. The van der Waals surface area contributed by atoms with Crippen molar-refractivity contribution in [3.05, 3.63) is 32.9 Å². The van der Waals surface area contributed by atoms with Gasteiger partial charge in [-0.05, 0) is 34.1 Å². The number of anilines is 3. The minimum atomic E-state index is 0.359. The second-order valence-corrected chi connectivity index (χ2v) is 5.17. The lowest BCUT2D eigenvalue weighted by Crippen LogP contribution is -2.03. The van der Waals surface area contributed by atoms with Crippen molar-refractivity contribution in [1.82, 2.24) is 4.98 Å². The number of aromatic nitrogens is 1. The Morgan fingerprint density at radius 3 is 2.81 bits per heavy atom. The van der Waals surface area contributed by atoms with Crippen molar-refractivity contribution in [3.63, 3.8) is 0 Å². The van der Waals surface area contributed by atoms with Crippen molar-refractivity contribution in [3.8, 4) is 0 Å². The first-order valence-corrected chi connectivity index (χ1v) is 6.31. The average molecular weight is 299 g/mol. The van der Waals surface area contributed by atoms with Gasteiger partial charge >= 0.3 is 0 Å². The molecule has 0 aliphatic rings. The molecular weight excluding hydrogens is 288 g/mol. The molecule has 4 nitrogen and oxygen atoms in total. The fourth-order valence-electron chi connectivity index (χ4n) is 1.21. The molecule has 16 heavy (non-hydrogen) atoms. The summed E-state index contributed by atoms with van der Waals surface area (Å²) in [5.74, 6) is 1.09. The van der Waals surface area contributed by atoms with E-state index in [0.29, 0.717) is 11.5 Å². The van der Waals surface area contributed by atoms with E-state index in [1.807, 2.05) is 11.4 Å². The highest BCUT2D eigenvalue weighted by atomic mass is 79.9. The third kappa shape index (κ3) is 2.65. The Bertz CT molecular complexity index is 497. The van der Waals surface area contributed by atoms with Gasteiger partial charge in [0.1, 0.15) is 11.6 Å². The number of nitrogens with two attached hydrogens (primary N) is 2. The minimum absolute atomic E-state index is 0.359. The fourth-order valence-corrected chi connectivity index (χ4v) is 2.60. The zero-order valence-corrected chi connectivity index (χ0v) is 10.8. The largest absolute Gasteiger partial charge is 0.396 e. The molecule has 0 atom stereocenters. The van der Waals surface area contributed by atoms with Crippen LogP contribution in [-0.2, 0) is 6.54 Å². The van der Waals surface area contributed by atoms with Crippen LogP contribution in [0.2, 0.25) is 0 Å². The van der Waals surface area contributed by atoms with Crippen LogP contribution in [0.15, 0.2) is 28.1 Å². The normalized spacial score (nSPS) is 10.3. The first-order chi connectivity index (χ1) is 7.65. The van der Waals surface area contributed by atoms with Gasteiger partial charge in [0.05, 0.1) is 12.2 Å². The van der Waals surface area contributed by atoms with E-state index < -0.39 is 0 Å². The quantitative estimate of drug-likeness (QED) is 0.814. The van der Waals surface area contributed by atoms with Crippen LogP contribution in [-0.4, -0.2) is 4.98 Å². The Hall–Kier alpha value is -1.27. The molecule has 6 heteroatoms. The second-order valence-electron chi connectivity index (χ2n) is 3.26. The molecule has 2 aromatic rings. The van der Waals surface area contributed by atoms with Gasteiger partial charge in [-0.25, -0.2) is 4.98 Å².